The number of aryl methyl sites for hydroxylation is 1. The Balaban J connectivity index is 2.10. The molecule has 0 bridgehead atoms. The molecule has 0 spiro atoms. The van der Waals surface area contributed by atoms with Gasteiger partial charge in [-0.05, 0) is 56.4 Å². The Morgan fingerprint density at radius 2 is 1.82 bits per heavy atom. The monoisotopic (exact) mass is 400 g/mol. The molecular weight excluding hydrogens is 372 g/mol. The second-order valence-electron chi connectivity index (χ2n) is 7.22. The lowest BCUT2D eigenvalue weighted by molar-refractivity contribution is 0.361. The van der Waals surface area contributed by atoms with E-state index in [1.807, 2.05) is 38.4 Å². The van der Waals surface area contributed by atoms with Crippen LogP contribution in [0.15, 0.2) is 53.4 Å². The number of hydrogen-bond donors (Lipinski definition) is 1. The van der Waals surface area contributed by atoms with Crippen LogP contribution in [-0.4, -0.2) is 44.9 Å². The third-order valence-corrected chi connectivity index (χ3v) is 7.32. The van der Waals surface area contributed by atoms with Gasteiger partial charge >= 0.3 is 0 Å². The van der Waals surface area contributed by atoms with Gasteiger partial charge in [0.05, 0.1) is 12.0 Å². The first-order valence-electron chi connectivity index (χ1n) is 9.51. The molecule has 2 aromatic carbocycles. The Morgan fingerprint density at radius 1 is 1.11 bits per heavy atom. The second kappa shape index (κ2) is 8.37. The SMILES string of the molecule is CCCc1[nH]c2ccc(OC)cc2c1CC(N(C)C)S(=O)(=O)c1ccccc1. The smallest absolute Gasteiger partial charge is 0.194 e. The lowest BCUT2D eigenvalue weighted by Crippen LogP contribution is -2.37. The molecule has 150 valence electrons. The highest BCUT2D eigenvalue weighted by Crippen LogP contribution is 2.31. The van der Waals surface area contributed by atoms with Crippen molar-refractivity contribution in [2.24, 2.45) is 0 Å². The van der Waals surface area contributed by atoms with Crippen LogP contribution in [0.2, 0.25) is 0 Å². The van der Waals surface area contributed by atoms with Crippen LogP contribution in [0.1, 0.15) is 24.6 Å². The summed E-state index contributed by atoms with van der Waals surface area (Å²) in [6.45, 7) is 2.13. The van der Waals surface area contributed by atoms with E-state index in [4.69, 9.17) is 4.74 Å². The third-order valence-electron chi connectivity index (χ3n) is 5.09. The van der Waals surface area contributed by atoms with Crippen molar-refractivity contribution in [1.82, 2.24) is 9.88 Å². The molecule has 0 aliphatic heterocycles. The summed E-state index contributed by atoms with van der Waals surface area (Å²) in [7, 11) is 1.77. The van der Waals surface area contributed by atoms with Gasteiger partial charge in [0.15, 0.2) is 9.84 Å². The predicted molar refractivity (Wildman–Crippen MR) is 114 cm³/mol. The van der Waals surface area contributed by atoms with Crippen molar-refractivity contribution >= 4 is 20.7 Å². The molecule has 0 saturated heterocycles. The molecule has 1 N–H and O–H groups in total. The zero-order valence-electron chi connectivity index (χ0n) is 16.9. The number of hydrogen-bond acceptors (Lipinski definition) is 4. The number of nitrogens with zero attached hydrogens (tertiary/aromatic N) is 1. The second-order valence-corrected chi connectivity index (χ2v) is 9.33. The molecule has 0 aliphatic rings. The molecule has 6 heteroatoms. The van der Waals surface area contributed by atoms with E-state index in [1.165, 1.54) is 0 Å². The zero-order chi connectivity index (χ0) is 20.3. The quantitative estimate of drug-likeness (QED) is 0.620. The fourth-order valence-electron chi connectivity index (χ4n) is 3.62. The molecule has 28 heavy (non-hydrogen) atoms. The average Bonchev–Trinajstić information content (AvgIpc) is 3.02. The minimum absolute atomic E-state index is 0.350. The molecule has 1 unspecified atom stereocenters. The minimum Gasteiger partial charge on any atom is -0.497 e. The maximum absolute atomic E-state index is 13.4. The molecular formula is C22H28N2O3S. The number of H-pyrrole nitrogens is 1. The predicted octanol–water partition coefficient (Wildman–Crippen LogP) is 4.03. The van der Waals surface area contributed by atoms with Crippen LogP contribution in [0.4, 0.5) is 0 Å². The van der Waals surface area contributed by atoms with Crippen molar-refractivity contribution in [3.63, 3.8) is 0 Å². The van der Waals surface area contributed by atoms with Crippen LogP contribution in [-0.2, 0) is 22.7 Å². The molecule has 1 atom stereocenters. The van der Waals surface area contributed by atoms with E-state index >= 15 is 0 Å². The van der Waals surface area contributed by atoms with Crippen LogP contribution >= 0.6 is 0 Å². The first-order valence-corrected chi connectivity index (χ1v) is 11.1. The van der Waals surface area contributed by atoms with Crippen molar-refractivity contribution in [3.8, 4) is 5.75 Å². The van der Waals surface area contributed by atoms with E-state index in [9.17, 15) is 8.42 Å². The minimum atomic E-state index is -3.51. The van der Waals surface area contributed by atoms with E-state index in [1.54, 1.807) is 36.3 Å². The number of fused-ring (bicyclic) bond motifs is 1. The van der Waals surface area contributed by atoms with E-state index in [-0.39, 0.29) is 0 Å². The fraction of sp³-hybridized carbons (Fsp3) is 0.364. The first kappa shape index (κ1) is 20.4. The molecule has 1 aromatic heterocycles. The number of likely N-dealkylation sites (N-methyl/N-ethyl adjacent to an activating group) is 1. The Kier molecular flexibility index (Phi) is 6.10. The molecule has 5 nitrogen and oxygen atoms in total. The van der Waals surface area contributed by atoms with E-state index < -0.39 is 15.2 Å². The van der Waals surface area contributed by atoms with Gasteiger partial charge < -0.3 is 9.72 Å². The summed E-state index contributed by atoms with van der Waals surface area (Å²) in [6.07, 6.45) is 2.26. The Hall–Kier alpha value is -2.31. The van der Waals surface area contributed by atoms with E-state index in [0.717, 1.165) is 40.8 Å². The molecule has 0 radical (unpaired) electrons. The van der Waals surface area contributed by atoms with Crippen molar-refractivity contribution in [2.45, 2.75) is 36.5 Å². The molecule has 0 fully saturated rings. The third kappa shape index (κ3) is 3.93. The average molecular weight is 401 g/mol. The molecule has 1 heterocycles. The number of nitrogens with one attached hydrogen (secondary N) is 1. The highest BCUT2D eigenvalue weighted by atomic mass is 32.2. The normalized spacial score (nSPS) is 13.2. The van der Waals surface area contributed by atoms with Gasteiger partial charge in [0, 0.05) is 23.0 Å². The van der Waals surface area contributed by atoms with Crippen LogP contribution < -0.4 is 4.74 Å². The van der Waals surface area contributed by atoms with Crippen molar-refractivity contribution in [3.05, 3.63) is 59.8 Å². The van der Waals surface area contributed by atoms with Crippen molar-refractivity contribution in [2.75, 3.05) is 21.2 Å². The summed E-state index contributed by atoms with van der Waals surface area (Å²) in [6, 6.07) is 14.6. The number of aromatic nitrogens is 1. The van der Waals surface area contributed by atoms with Gasteiger partial charge in [0.25, 0.3) is 0 Å². The molecule has 0 aliphatic carbocycles. The van der Waals surface area contributed by atoms with Crippen LogP contribution in [0.25, 0.3) is 10.9 Å². The summed E-state index contributed by atoms with van der Waals surface area (Å²) >= 11 is 0. The highest BCUT2D eigenvalue weighted by Gasteiger charge is 2.31. The van der Waals surface area contributed by atoms with E-state index in [2.05, 4.69) is 11.9 Å². The van der Waals surface area contributed by atoms with Crippen LogP contribution in [0, 0.1) is 0 Å². The summed E-state index contributed by atoms with van der Waals surface area (Å²) < 4.78 is 32.1. The van der Waals surface area contributed by atoms with Gasteiger partial charge in [-0.3, -0.25) is 4.90 Å². The Labute approximate surface area is 167 Å². The molecule has 0 saturated carbocycles. The number of aromatic amines is 1. The summed E-state index contributed by atoms with van der Waals surface area (Å²) in [5, 5.41) is 0.369. The highest BCUT2D eigenvalue weighted by molar-refractivity contribution is 7.92. The van der Waals surface area contributed by atoms with Crippen LogP contribution in [0.5, 0.6) is 5.75 Å². The molecule has 3 aromatic rings. The van der Waals surface area contributed by atoms with Crippen molar-refractivity contribution in [1.29, 1.82) is 0 Å². The van der Waals surface area contributed by atoms with Gasteiger partial charge in [-0.25, -0.2) is 8.42 Å². The molecule has 3 rings (SSSR count). The topological polar surface area (TPSA) is 62.4 Å². The maximum atomic E-state index is 13.4. The number of ether oxygens (including phenoxy) is 1. The summed E-state index contributed by atoms with van der Waals surface area (Å²) in [4.78, 5) is 5.62. The maximum Gasteiger partial charge on any atom is 0.194 e. The van der Waals surface area contributed by atoms with Crippen molar-refractivity contribution < 1.29 is 13.2 Å². The lowest BCUT2D eigenvalue weighted by Gasteiger charge is -2.25. The van der Waals surface area contributed by atoms with Gasteiger partial charge in [-0.1, -0.05) is 31.5 Å². The number of sulfone groups is 1. The molecule has 0 amide bonds. The zero-order valence-corrected chi connectivity index (χ0v) is 17.7. The summed E-state index contributed by atoms with van der Waals surface area (Å²) in [5.41, 5.74) is 3.16. The summed E-state index contributed by atoms with van der Waals surface area (Å²) in [5.74, 6) is 0.767. The lowest BCUT2D eigenvalue weighted by atomic mass is 10.0. The van der Waals surface area contributed by atoms with E-state index in [0.29, 0.717) is 11.3 Å². The Bertz CT molecular complexity index is 1040. The number of rotatable bonds is 8. The van der Waals surface area contributed by atoms with Gasteiger partial charge in [-0.2, -0.15) is 0 Å². The number of methoxy groups -OCH3 is 1. The first-order chi connectivity index (χ1) is 13.4. The van der Waals surface area contributed by atoms with Gasteiger partial charge in [0.1, 0.15) is 11.1 Å². The standard InChI is InChI=1S/C22H28N2O3S/c1-5-9-20-19(18-14-16(27-4)12-13-21(18)23-20)15-22(24(2)3)28(25,26)17-10-7-6-8-11-17/h6-8,10-14,22-23H,5,9,15H2,1-4H3. The largest absolute Gasteiger partial charge is 0.497 e. The van der Waals surface area contributed by atoms with Gasteiger partial charge in [0.2, 0.25) is 0 Å². The fourth-order valence-corrected chi connectivity index (χ4v) is 5.41. The Morgan fingerprint density at radius 3 is 2.43 bits per heavy atom. The van der Waals surface area contributed by atoms with Crippen LogP contribution in [0.3, 0.4) is 0 Å². The van der Waals surface area contributed by atoms with Gasteiger partial charge in [-0.15, -0.1) is 0 Å². The number of benzene rings is 2.